The lowest BCUT2D eigenvalue weighted by atomic mass is 9.95. The molecule has 116 valence electrons. The van der Waals surface area contributed by atoms with Gasteiger partial charge in [0.2, 0.25) is 0 Å². The quantitative estimate of drug-likeness (QED) is 0.792. The standard InChI is InChI=1S/C16H20F3NO/c1-11-3-4-12(2)14(9-11)15(21)10-20-7-5-13(6-8-20)16(17,18)19/h3-4,9,13H,5-8,10H2,1-2H3. The number of likely N-dealkylation sites (tertiary alicyclic amines) is 1. The van der Waals surface area contributed by atoms with Gasteiger partial charge in [-0.3, -0.25) is 9.69 Å². The first-order valence-electron chi connectivity index (χ1n) is 7.17. The predicted molar refractivity (Wildman–Crippen MR) is 75.5 cm³/mol. The Morgan fingerprint density at radius 2 is 1.86 bits per heavy atom. The molecule has 1 aliphatic rings. The molecule has 1 aromatic carbocycles. The van der Waals surface area contributed by atoms with E-state index >= 15 is 0 Å². The number of Topliss-reactive ketones (excluding diaryl/α,β-unsaturated/α-hetero) is 1. The molecule has 0 radical (unpaired) electrons. The molecule has 0 aromatic heterocycles. The minimum absolute atomic E-state index is 0.0124. The maximum Gasteiger partial charge on any atom is 0.391 e. The Balaban J connectivity index is 1.94. The van der Waals surface area contributed by atoms with Crippen LogP contribution in [0.2, 0.25) is 0 Å². The van der Waals surface area contributed by atoms with E-state index in [0.717, 1.165) is 11.1 Å². The van der Waals surface area contributed by atoms with Crippen molar-refractivity contribution < 1.29 is 18.0 Å². The number of alkyl halides is 3. The van der Waals surface area contributed by atoms with Crippen LogP contribution in [0.25, 0.3) is 0 Å². The summed E-state index contributed by atoms with van der Waals surface area (Å²) in [5, 5.41) is 0. The van der Waals surface area contributed by atoms with Crippen molar-refractivity contribution in [3.63, 3.8) is 0 Å². The van der Waals surface area contributed by atoms with Crippen LogP contribution in [0.4, 0.5) is 13.2 Å². The molecular formula is C16H20F3NO. The number of nitrogens with zero attached hydrogens (tertiary/aromatic N) is 1. The second-order valence-corrected chi connectivity index (χ2v) is 5.83. The molecule has 1 aliphatic heterocycles. The van der Waals surface area contributed by atoms with Gasteiger partial charge in [0.05, 0.1) is 12.5 Å². The molecule has 0 unspecified atom stereocenters. The van der Waals surface area contributed by atoms with Crippen LogP contribution < -0.4 is 0 Å². The molecule has 0 N–H and O–H groups in total. The van der Waals surface area contributed by atoms with Crippen molar-refractivity contribution >= 4 is 5.78 Å². The first-order chi connectivity index (χ1) is 9.77. The summed E-state index contributed by atoms with van der Waals surface area (Å²) in [6.07, 6.45) is -3.93. The highest BCUT2D eigenvalue weighted by atomic mass is 19.4. The SMILES string of the molecule is Cc1ccc(C)c(C(=O)CN2CCC(C(F)(F)F)CC2)c1. The summed E-state index contributed by atoms with van der Waals surface area (Å²) in [6, 6.07) is 5.69. The number of carbonyl (C=O) groups is 1. The van der Waals surface area contributed by atoms with Crippen LogP contribution in [0.5, 0.6) is 0 Å². The average molecular weight is 299 g/mol. The second-order valence-electron chi connectivity index (χ2n) is 5.83. The number of ketones is 1. The Bertz CT molecular complexity index is 517. The summed E-state index contributed by atoms with van der Waals surface area (Å²) in [5.41, 5.74) is 2.60. The van der Waals surface area contributed by atoms with E-state index in [1.165, 1.54) is 0 Å². The van der Waals surface area contributed by atoms with Crippen LogP contribution in [0, 0.1) is 19.8 Å². The van der Waals surface area contributed by atoms with Gasteiger partial charge in [-0.15, -0.1) is 0 Å². The van der Waals surface area contributed by atoms with Crippen LogP contribution in [0.3, 0.4) is 0 Å². The number of carbonyl (C=O) groups excluding carboxylic acids is 1. The lowest BCUT2D eigenvalue weighted by Crippen LogP contribution is -2.41. The highest BCUT2D eigenvalue weighted by molar-refractivity contribution is 5.99. The normalized spacial score (nSPS) is 18.0. The molecule has 21 heavy (non-hydrogen) atoms. The smallest absolute Gasteiger partial charge is 0.296 e. The van der Waals surface area contributed by atoms with Gasteiger partial charge in [0.15, 0.2) is 5.78 Å². The number of benzene rings is 1. The molecular weight excluding hydrogens is 279 g/mol. The highest BCUT2D eigenvalue weighted by Gasteiger charge is 2.41. The van der Waals surface area contributed by atoms with Crippen molar-refractivity contribution in [1.29, 1.82) is 0 Å². The molecule has 5 heteroatoms. The van der Waals surface area contributed by atoms with E-state index in [0.29, 0.717) is 18.7 Å². The van der Waals surface area contributed by atoms with Gasteiger partial charge in [-0.2, -0.15) is 13.2 Å². The van der Waals surface area contributed by atoms with Crippen LogP contribution in [-0.4, -0.2) is 36.5 Å². The molecule has 0 atom stereocenters. The van der Waals surface area contributed by atoms with Crippen molar-refractivity contribution in [3.05, 3.63) is 34.9 Å². The summed E-state index contributed by atoms with van der Waals surface area (Å²) in [7, 11) is 0. The van der Waals surface area contributed by atoms with Gasteiger partial charge in [-0.1, -0.05) is 17.7 Å². The van der Waals surface area contributed by atoms with E-state index in [4.69, 9.17) is 0 Å². The van der Waals surface area contributed by atoms with E-state index < -0.39 is 12.1 Å². The molecule has 0 bridgehead atoms. The molecule has 2 rings (SSSR count). The van der Waals surface area contributed by atoms with E-state index in [1.807, 2.05) is 36.9 Å². The Morgan fingerprint density at radius 3 is 2.43 bits per heavy atom. The molecule has 0 aliphatic carbocycles. The molecule has 0 amide bonds. The van der Waals surface area contributed by atoms with E-state index in [2.05, 4.69) is 0 Å². The second kappa shape index (κ2) is 6.18. The van der Waals surface area contributed by atoms with Crippen LogP contribution >= 0.6 is 0 Å². The van der Waals surface area contributed by atoms with E-state index in [1.54, 1.807) is 0 Å². The first-order valence-corrected chi connectivity index (χ1v) is 7.17. The average Bonchev–Trinajstić information content (AvgIpc) is 2.41. The maximum atomic E-state index is 12.6. The Morgan fingerprint density at radius 1 is 1.24 bits per heavy atom. The highest BCUT2D eigenvalue weighted by Crippen LogP contribution is 2.34. The number of aryl methyl sites for hydroxylation is 2. The van der Waals surface area contributed by atoms with Gasteiger partial charge in [0.25, 0.3) is 0 Å². The number of hydrogen-bond donors (Lipinski definition) is 0. The molecule has 0 saturated carbocycles. The summed E-state index contributed by atoms with van der Waals surface area (Å²) in [6.45, 7) is 4.67. The van der Waals surface area contributed by atoms with Gasteiger partial charge in [-0.05, 0) is 51.4 Å². The largest absolute Gasteiger partial charge is 0.391 e. The first kappa shape index (κ1) is 16.0. The minimum Gasteiger partial charge on any atom is -0.296 e. The zero-order chi connectivity index (χ0) is 15.6. The van der Waals surface area contributed by atoms with Crippen LogP contribution in [0.1, 0.15) is 34.3 Å². The Kier molecular flexibility index (Phi) is 4.71. The summed E-state index contributed by atoms with van der Waals surface area (Å²) in [4.78, 5) is 14.1. The Labute approximate surface area is 122 Å². The van der Waals surface area contributed by atoms with Gasteiger partial charge in [-0.25, -0.2) is 0 Å². The predicted octanol–water partition coefficient (Wildman–Crippen LogP) is 3.76. The van der Waals surface area contributed by atoms with Crippen LogP contribution in [0.15, 0.2) is 18.2 Å². The van der Waals surface area contributed by atoms with Gasteiger partial charge in [0.1, 0.15) is 0 Å². The lowest BCUT2D eigenvalue weighted by molar-refractivity contribution is -0.184. The van der Waals surface area contributed by atoms with Crippen LogP contribution in [-0.2, 0) is 0 Å². The molecule has 1 heterocycles. The number of hydrogen-bond acceptors (Lipinski definition) is 2. The molecule has 1 fully saturated rings. The number of rotatable bonds is 3. The minimum atomic E-state index is -4.11. The van der Waals surface area contributed by atoms with Gasteiger partial charge >= 0.3 is 6.18 Å². The van der Waals surface area contributed by atoms with Crippen molar-refractivity contribution in [1.82, 2.24) is 4.90 Å². The van der Waals surface area contributed by atoms with Crippen molar-refractivity contribution in [2.75, 3.05) is 19.6 Å². The fourth-order valence-corrected chi connectivity index (χ4v) is 2.74. The molecule has 1 saturated heterocycles. The van der Waals surface area contributed by atoms with Crippen molar-refractivity contribution in [3.8, 4) is 0 Å². The topological polar surface area (TPSA) is 20.3 Å². The van der Waals surface area contributed by atoms with Gasteiger partial charge < -0.3 is 0 Å². The fourth-order valence-electron chi connectivity index (χ4n) is 2.74. The van der Waals surface area contributed by atoms with E-state index in [9.17, 15) is 18.0 Å². The monoisotopic (exact) mass is 299 g/mol. The van der Waals surface area contributed by atoms with Gasteiger partial charge in [0, 0.05) is 5.56 Å². The molecule has 0 spiro atoms. The van der Waals surface area contributed by atoms with E-state index in [-0.39, 0.29) is 25.2 Å². The third kappa shape index (κ3) is 4.06. The zero-order valence-electron chi connectivity index (χ0n) is 12.3. The summed E-state index contributed by atoms with van der Waals surface area (Å²) >= 11 is 0. The zero-order valence-corrected chi connectivity index (χ0v) is 12.3. The molecule has 1 aromatic rings. The fraction of sp³-hybridized carbons (Fsp3) is 0.562. The summed E-state index contributed by atoms with van der Waals surface area (Å²) in [5.74, 6) is -1.23. The lowest BCUT2D eigenvalue weighted by Gasteiger charge is -2.32. The maximum absolute atomic E-state index is 12.6. The van der Waals surface area contributed by atoms with Crippen molar-refractivity contribution in [2.45, 2.75) is 32.9 Å². The summed E-state index contributed by atoms with van der Waals surface area (Å²) < 4.78 is 37.8. The number of piperidine rings is 1. The third-order valence-corrected chi connectivity index (χ3v) is 4.11. The van der Waals surface area contributed by atoms with Crippen molar-refractivity contribution in [2.24, 2.45) is 5.92 Å². The molecule has 2 nitrogen and oxygen atoms in total. The number of halogens is 3. The Hall–Kier alpha value is -1.36. The third-order valence-electron chi connectivity index (χ3n) is 4.11.